The molecule has 0 radical (unpaired) electrons. The van der Waals surface area contributed by atoms with E-state index < -0.39 is 11.4 Å². The van der Waals surface area contributed by atoms with Crippen molar-refractivity contribution in [2.24, 2.45) is 11.3 Å². The van der Waals surface area contributed by atoms with Crippen LogP contribution in [0.15, 0.2) is 12.1 Å². The summed E-state index contributed by atoms with van der Waals surface area (Å²) in [4.78, 5) is 26.8. The number of aliphatic carboxylic acids is 1. The van der Waals surface area contributed by atoms with Crippen molar-refractivity contribution in [2.45, 2.75) is 52.4 Å². The summed E-state index contributed by atoms with van der Waals surface area (Å²) in [7, 11) is 0. The molecule has 2 aliphatic heterocycles. The van der Waals surface area contributed by atoms with Gasteiger partial charge in [0.15, 0.2) is 0 Å². The van der Waals surface area contributed by atoms with Gasteiger partial charge in [-0.3, -0.25) is 9.59 Å². The number of fused-ring (bicyclic) bond motifs is 1. The second kappa shape index (κ2) is 6.48. The number of carbonyl (C=O) groups excluding carboxylic acids is 1. The summed E-state index contributed by atoms with van der Waals surface area (Å²) in [6, 6.07) is 3.51. The van der Waals surface area contributed by atoms with Crippen LogP contribution in [-0.4, -0.2) is 53.3 Å². The van der Waals surface area contributed by atoms with Gasteiger partial charge in [-0.25, -0.2) is 0 Å². The van der Waals surface area contributed by atoms with E-state index in [9.17, 15) is 19.8 Å². The van der Waals surface area contributed by atoms with Crippen LogP contribution >= 0.6 is 0 Å². The van der Waals surface area contributed by atoms with Crippen molar-refractivity contribution < 1.29 is 24.5 Å². The average Bonchev–Trinajstić information content (AvgIpc) is 3.10. The van der Waals surface area contributed by atoms with E-state index >= 15 is 0 Å². The lowest BCUT2D eigenvalue weighted by Crippen LogP contribution is -2.40. The molecule has 2 fully saturated rings. The van der Waals surface area contributed by atoms with Gasteiger partial charge in [0, 0.05) is 35.7 Å². The Morgan fingerprint density at radius 3 is 2.07 bits per heavy atom. The summed E-state index contributed by atoms with van der Waals surface area (Å²) in [6.07, 6.45) is 0. The van der Waals surface area contributed by atoms with E-state index in [4.69, 9.17) is 4.74 Å². The molecule has 2 aliphatic rings. The zero-order valence-corrected chi connectivity index (χ0v) is 17.6. The Kier molecular flexibility index (Phi) is 4.78. The first-order valence-corrected chi connectivity index (χ1v) is 9.76. The molecule has 1 aromatic rings. The van der Waals surface area contributed by atoms with E-state index in [1.165, 1.54) is 0 Å². The number of carbonyl (C=O) groups is 2. The van der Waals surface area contributed by atoms with Crippen molar-refractivity contribution in [3.63, 3.8) is 0 Å². The quantitative estimate of drug-likeness (QED) is 0.811. The molecule has 1 amide bonds. The maximum Gasteiger partial charge on any atom is 0.314 e. The van der Waals surface area contributed by atoms with Crippen LogP contribution in [-0.2, 0) is 20.4 Å². The van der Waals surface area contributed by atoms with Crippen LogP contribution in [0, 0.1) is 11.3 Å². The Labute approximate surface area is 166 Å². The second-order valence-electron chi connectivity index (χ2n) is 10.3. The number of likely N-dealkylation sites (tertiary alicyclic amines) is 1. The molecule has 0 spiro atoms. The minimum atomic E-state index is -1.01. The summed E-state index contributed by atoms with van der Waals surface area (Å²) >= 11 is 0. The van der Waals surface area contributed by atoms with Gasteiger partial charge < -0.3 is 19.8 Å². The number of ether oxygens (including phenoxy) is 1. The number of aromatic hydroxyl groups is 1. The predicted octanol–water partition coefficient (Wildman–Crippen LogP) is 3.16. The number of rotatable bonds is 2. The van der Waals surface area contributed by atoms with Gasteiger partial charge in [0.25, 0.3) is 5.91 Å². The predicted molar refractivity (Wildman–Crippen MR) is 106 cm³/mol. The summed E-state index contributed by atoms with van der Waals surface area (Å²) in [5, 5.41) is 20.6. The molecule has 2 heterocycles. The molecule has 0 saturated carbocycles. The summed E-state index contributed by atoms with van der Waals surface area (Å²) < 4.78 is 5.40. The molecule has 2 atom stereocenters. The Morgan fingerprint density at radius 2 is 1.64 bits per heavy atom. The highest BCUT2D eigenvalue weighted by atomic mass is 16.5. The SMILES string of the molecule is CC(C)(C)c1cc(C(=O)N2C[C@@H]3COC[C@]3(C(=O)O)C2)cc(C(C)(C)C)c1O. The number of carboxylic acids is 1. The fourth-order valence-electron chi connectivity index (χ4n) is 4.28. The van der Waals surface area contributed by atoms with Gasteiger partial charge in [-0.15, -0.1) is 0 Å². The molecule has 0 aliphatic carbocycles. The number of phenols is 1. The highest BCUT2D eigenvalue weighted by molar-refractivity contribution is 5.96. The molecular formula is C22H31NO5. The van der Waals surface area contributed by atoms with E-state index in [0.717, 1.165) is 11.1 Å². The zero-order valence-electron chi connectivity index (χ0n) is 17.6. The van der Waals surface area contributed by atoms with Crippen LogP contribution in [0.3, 0.4) is 0 Å². The lowest BCUT2D eigenvalue weighted by Gasteiger charge is -2.29. The highest BCUT2D eigenvalue weighted by Gasteiger charge is 2.57. The van der Waals surface area contributed by atoms with Gasteiger partial charge in [-0.2, -0.15) is 0 Å². The number of amides is 1. The van der Waals surface area contributed by atoms with Gasteiger partial charge in [0.2, 0.25) is 0 Å². The molecule has 6 nitrogen and oxygen atoms in total. The van der Waals surface area contributed by atoms with E-state index in [1.807, 2.05) is 41.5 Å². The summed E-state index contributed by atoms with van der Waals surface area (Å²) in [5.41, 5.74) is 0.259. The molecule has 2 saturated heterocycles. The number of carboxylic acid groups (broad SMARTS) is 1. The molecule has 0 unspecified atom stereocenters. The monoisotopic (exact) mass is 389 g/mol. The number of hydrogen-bond donors (Lipinski definition) is 2. The Morgan fingerprint density at radius 1 is 1.11 bits per heavy atom. The maximum absolute atomic E-state index is 13.3. The van der Waals surface area contributed by atoms with Crippen molar-refractivity contribution in [3.05, 3.63) is 28.8 Å². The Bertz CT molecular complexity index is 782. The first kappa shape index (κ1) is 20.6. The van der Waals surface area contributed by atoms with Crippen LogP contribution in [0.1, 0.15) is 63.0 Å². The molecule has 1 aromatic carbocycles. The van der Waals surface area contributed by atoms with E-state index in [2.05, 4.69) is 0 Å². The van der Waals surface area contributed by atoms with Crippen LogP contribution in [0.2, 0.25) is 0 Å². The van der Waals surface area contributed by atoms with Crippen LogP contribution < -0.4 is 0 Å². The van der Waals surface area contributed by atoms with Gasteiger partial charge >= 0.3 is 5.97 Å². The summed E-state index contributed by atoms with van der Waals surface area (Å²) in [5.74, 6) is -1.05. The smallest absolute Gasteiger partial charge is 0.314 e. The molecule has 2 N–H and O–H groups in total. The first-order valence-electron chi connectivity index (χ1n) is 9.76. The topological polar surface area (TPSA) is 87.1 Å². The van der Waals surface area contributed by atoms with Crippen LogP contribution in [0.4, 0.5) is 0 Å². The van der Waals surface area contributed by atoms with Crippen molar-refractivity contribution in [2.75, 3.05) is 26.3 Å². The number of nitrogens with zero attached hydrogens (tertiary/aromatic N) is 1. The maximum atomic E-state index is 13.3. The van der Waals surface area contributed by atoms with Crippen molar-refractivity contribution in [1.82, 2.24) is 4.90 Å². The number of hydrogen-bond acceptors (Lipinski definition) is 4. The second-order valence-corrected chi connectivity index (χ2v) is 10.3. The van der Waals surface area contributed by atoms with Crippen molar-refractivity contribution >= 4 is 11.9 Å². The third kappa shape index (κ3) is 3.28. The molecule has 0 aromatic heterocycles. The minimum Gasteiger partial charge on any atom is -0.507 e. The Hall–Kier alpha value is -2.08. The minimum absolute atomic E-state index is 0.146. The molecule has 154 valence electrons. The average molecular weight is 389 g/mol. The highest BCUT2D eigenvalue weighted by Crippen LogP contribution is 2.43. The van der Waals surface area contributed by atoms with Crippen molar-refractivity contribution in [1.29, 1.82) is 0 Å². The fourth-order valence-corrected chi connectivity index (χ4v) is 4.28. The van der Waals surface area contributed by atoms with Crippen LogP contribution in [0.5, 0.6) is 5.75 Å². The van der Waals surface area contributed by atoms with E-state index in [-0.39, 0.29) is 41.6 Å². The van der Waals surface area contributed by atoms with Crippen LogP contribution in [0.25, 0.3) is 0 Å². The van der Waals surface area contributed by atoms with Gasteiger partial charge in [0.1, 0.15) is 11.2 Å². The lowest BCUT2D eigenvalue weighted by atomic mass is 9.78. The standard InChI is InChI=1S/C22H31NO5/c1-20(2,3)15-7-13(8-16(17(15)24)21(4,5)6)18(25)23-9-14-10-28-12-22(14,11-23)19(26)27/h7-8,14,24H,9-12H2,1-6H3,(H,26,27)/t14-,22-/m1/s1. The zero-order chi connectivity index (χ0) is 21.1. The van der Waals surface area contributed by atoms with Gasteiger partial charge in [0.05, 0.1) is 13.2 Å². The third-order valence-electron chi connectivity index (χ3n) is 6.06. The van der Waals surface area contributed by atoms with Crippen molar-refractivity contribution in [3.8, 4) is 5.75 Å². The fraction of sp³-hybridized carbons (Fsp3) is 0.636. The normalized spacial score (nSPS) is 25.1. The van der Waals surface area contributed by atoms with E-state index in [0.29, 0.717) is 18.7 Å². The molecular weight excluding hydrogens is 358 g/mol. The lowest BCUT2D eigenvalue weighted by molar-refractivity contribution is -0.149. The molecule has 28 heavy (non-hydrogen) atoms. The summed E-state index contributed by atoms with van der Waals surface area (Å²) in [6.45, 7) is 13.0. The Balaban J connectivity index is 2.02. The van der Waals surface area contributed by atoms with Gasteiger partial charge in [-0.05, 0) is 23.0 Å². The number of benzene rings is 1. The van der Waals surface area contributed by atoms with Gasteiger partial charge in [-0.1, -0.05) is 41.5 Å². The third-order valence-corrected chi connectivity index (χ3v) is 6.06. The van der Waals surface area contributed by atoms with E-state index in [1.54, 1.807) is 17.0 Å². The largest absolute Gasteiger partial charge is 0.507 e. The first-order chi connectivity index (χ1) is 12.8. The molecule has 3 rings (SSSR count). The molecule has 6 heteroatoms. The number of phenolic OH excluding ortho intramolecular Hbond substituents is 1. The molecule has 0 bridgehead atoms.